The summed E-state index contributed by atoms with van der Waals surface area (Å²) in [7, 11) is 0. The van der Waals surface area contributed by atoms with Gasteiger partial charge in [-0.2, -0.15) is 0 Å². The SMILES string of the molecule is CCNC(=NCCCCOCCc1ccccc1)N1CCC(C(=O)OCC)CC1.I. The maximum atomic E-state index is 11.9. The lowest BCUT2D eigenvalue weighted by Crippen LogP contribution is -2.46. The second kappa shape index (κ2) is 16.4. The van der Waals surface area contributed by atoms with E-state index in [0.717, 1.165) is 77.5 Å². The first kappa shape index (κ1) is 26.7. The van der Waals surface area contributed by atoms with Crippen molar-refractivity contribution in [2.45, 2.75) is 46.0 Å². The Morgan fingerprint density at radius 2 is 1.87 bits per heavy atom. The molecule has 1 aromatic rings. The van der Waals surface area contributed by atoms with Crippen molar-refractivity contribution in [1.82, 2.24) is 10.2 Å². The van der Waals surface area contributed by atoms with Gasteiger partial charge in [-0.3, -0.25) is 9.79 Å². The molecule has 1 aliphatic rings. The molecule has 0 amide bonds. The van der Waals surface area contributed by atoms with Gasteiger partial charge in [0.15, 0.2) is 5.96 Å². The third-order valence-electron chi connectivity index (χ3n) is 5.09. The summed E-state index contributed by atoms with van der Waals surface area (Å²) in [6.07, 6.45) is 4.66. The Hall–Kier alpha value is -1.35. The first-order valence-corrected chi connectivity index (χ1v) is 11.1. The highest BCUT2D eigenvalue weighted by Gasteiger charge is 2.27. The molecule has 0 saturated carbocycles. The molecule has 1 aromatic carbocycles. The molecule has 1 N–H and O–H groups in total. The summed E-state index contributed by atoms with van der Waals surface area (Å²) in [5.41, 5.74) is 1.32. The number of hydrogen-bond acceptors (Lipinski definition) is 4. The molecule has 0 bridgehead atoms. The van der Waals surface area contributed by atoms with Crippen molar-refractivity contribution in [3.63, 3.8) is 0 Å². The molecule has 2 rings (SSSR count). The van der Waals surface area contributed by atoms with Crippen LogP contribution in [0.5, 0.6) is 0 Å². The molecule has 170 valence electrons. The Kier molecular flexibility index (Phi) is 14.5. The zero-order valence-corrected chi connectivity index (χ0v) is 20.8. The Bertz CT molecular complexity index is 605. The average molecular weight is 531 g/mol. The van der Waals surface area contributed by atoms with E-state index in [1.807, 2.05) is 13.0 Å². The number of hydrogen-bond donors (Lipinski definition) is 1. The van der Waals surface area contributed by atoms with E-state index in [1.54, 1.807) is 0 Å². The van der Waals surface area contributed by atoms with Crippen LogP contribution in [-0.2, 0) is 20.7 Å². The first-order valence-electron chi connectivity index (χ1n) is 11.1. The fourth-order valence-electron chi connectivity index (χ4n) is 3.45. The summed E-state index contributed by atoms with van der Waals surface area (Å²) in [6.45, 7) is 9.28. The van der Waals surface area contributed by atoms with Gasteiger partial charge in [-0.25, -0.2) is 0 Å². The second-order valence-electron chi connectivity index (χ2n) is 7.30. The number of ether oxygens (including phenoxy) is 2. The van der Waals surface area contributed by atoms with Crippen LogP contribution in [0.4, 0.5) is 0 Å². The number of nitrogens with one attached hydrogen (secondary N) is 1. The Morgan fingerprint density at radius 1 is 1.13 bits per heavy atom. The van der Waals surface area contributed by atoms with Crippen molar-refractivity contribution in [3.8, 4) is 0 Å². The topological polar surface area (TPSA) is 63.2 Å². The maximum Gasteiger partial charge on any atom is 0.309 e. The number of aliphatic imine (C=N–C) groups is 1. The Morgan fingerprint density at radius 3 is 2.53 bits per heavy atom. The van der Waals surface area contributed by atoms with Crippen LogP contribution in [-0.4, -0.2) is 62.8 Å². The van der Waals surface area contributed by atoms with Crippen molar-refractivity contribution in [1.29, 1.82) is 0 Å². The number of carbonyl (C=O) groups is 1. The van der Waals surface area contributed by atoms with Crippen LogP contribution < -0.4 is 5.32 Å². The van der Waals surface area contributed by atoms with Crippen LogP contribution in [0, 0.1) is 5.92 Å². The number of unbranched alkanes of at least 4 members (excludes halogenated alkanes) is 1. The minimum atomic E-state index is -0.0543. The number of esters is 1. The van der Waals surface area contributed by atoms with Gasteiger partial charge in [0.25, 0.3) is 0 Å². The van der Waals surface area contributed by atoms with Gasteiger partial charge in [-0.05, 0) is 51.5 Å². The van der Waals surface area contributed by atoms with Crippen molar-refractivity contribution in [2.75, 3.05) is 46.0 Å². The zero-order valence-electron chi connectivity index (χ0n) is 18.5. The molecule has 0 unspecified atom stereocenters. The molecule has 6 nitrogen and oxygen atoms in total. The van der Waals surface area contributed by atoms with E-state index in [0.29, 0.717) is 6.61 Å². The highest BCUT2D eigenvalue weighted by Crippen LogP contribution is 2.18. The van der Waals surface area contributed by atoms with E-state index in [-0.39, 0.29) is 35.9 Å². The standard InChI is InChI=1S/C23H37N3O3.HI/c1-3-24-23(26-16-12-21(13-17-26)22(27)29-4-2)25-15-8-9-18-28-19-14-20-10-6-5-7-11-20;/h5-7,10-11,21H,3-4,8-9,12-19H2,1-2H3,(H,24,25);1H. The van der Waals surface area contributed by atoms with E-state index in [4.69, 9.17) is 14.5 Å². The number of piperidine rings is 1. The fraction of sp³-hybridized carbons (Fsp3) is 0.652. The maximum absolute atomic E-state index is 11.9. The quantitative estimate of drug-likeness (QED) is 0.154. The third kappa shape index (κ3) is 10.1. The van der Waals surface area contributed by atoms with Gasteiger partial charge in [-0.1, -0.05) is 30.3 Å². The number of guanidine groups is 1. The number of carbonyl (C=O) groups excluding carboxylic acids is 1. The van der Waals surface area contributed by atoms with Crippen molar-refractivity contribution < 1.29 is 14.3 Å². The van der Waals surface area contributed by atoms with Crippen LogP contribution in [0.3, 0.4) is 0 Å². The minimum absolute atomic E-state index is 0. The lowest BCUT2D eigenvalue weighted by Gasteiger charge is -2.33. The average Bonchev–Trinajstić information content (AvgIpc) is 2.76. The number of likely N-dealkylation sites (tertiary alicyclic amines) is 1. The molecule has 1 heterocycles. The molecule has 30 heavy (non-hydrogen) atoms. The second-order valence-corrected chi connectivity index (χ2v) is 7.30. The van der Waals surface area contributed by atoms with E-state index in [9.17, 15) is 4.79 Å². The van der Waals surface area contributed by atoms with Gasteiger partial charge < -0.3 is 19.7 Å². The fourth-order valence-corrected chi connectivity index (χ4v) is 3.45. The number of benzene rings is 1. The van der Waals surface area contributed by atoms with Gasteiger partial charge in [0.2, 0.25) is 0 Å². The summed E-state index contributed by atoms with van der Waals surface area (Å²) >= 11 is 0. The number of rotatable bonds is 11. The molecule has 0 spiro atoms. The number of halogens is 1. The summed E-state index contributed by atoms with van der Waals surface area (Å²) in [5, 5.41) is 3.38. The van der Waals surface area contributed by atoms with E-state index < -0.39 is 0 Å². The van der Waals surface area contributed by atoms with Gasteiger partial charge in [0.1, 0.15) is 0 Å². The van der Waals surface area contributed by atoms with Crippen molar-refractivity contribution >= 4 is 35.9 Å². The molecule has 1 saturated heterocycles. The van der Waals surface area contributed by atoms with Crippen LogP contribution in [0.25, 0.3) is 0 Å². The van der Waals surface area contributed by atoms with E-state index in [1.165, 1.54) is 5.56 Å². The Balaban J connectivity index is 0.00000450. The molecule has 0 aromatic heterocycles. The molecular weight excluding hydrogens is 493 g/mol. The molecule has 7 heteroatoms. The van der Waals surface area contributed by atoms with Crippen LogP contribution in [0.2, 0.25) is 0 Å². The van der Waals surface area contributed by atoms with E-state index in [2.05, 4.69) is 41.4 Å². The van der Waals surface area contributed by atoms with Crippen LogP contribution in [0.1, 0.15) is 45.1 Å². The summed E-state index contributed by atoms with van der Waals surface area (Å²) in [5.74, 6) is 0.934. The van der Waals surface area contributed by atoms with Crippen LogP contribution in [0.15, 0.2) is 35.3 Å². The van der Waals surface area contributed by atoms with Gasteiger partial charge in [-0.15, -0.1) is 24.0 Å². The highest BCUT2D eigenvalue weighted by atomic mass is 127. The van der Waals surface area contributed by atoms with Crippen molar-refractivity contribution in [2.24, 2.45) is 10.9 Å². The summed E-state index contributed by atoms with van der Waals surface area (Å²) in [6, 6.07) is 10.4. The lowest BCUT2D eigenvalue weighted by atomic mass is 9.97. The van der Waals surface area contributed by atoms with E-state index >= 15 is 0 Å². The van der Waals surface area contributed by atoms with Gasteiger partial charge in [0.05, 0.1) is 19.1 Å². The molecule has 0 radical (unpaired) electrons. The highest BCUT2D eigenvalue weighted by molar-refractivity contribution is 14.0. The first-order chi connectivity index (χ1) is 14.2. The van der Waals surface area contributed by atoms with Gasteiger partial charge >= 0.3 is 5.97 Å². The summed E-state index contributed by atoms with van der Waals surface area (Å²) < 4.78 is 10.9. The lowest BCUT2D eigenvalue weighted by molar-refractivity contribution is -0.149. The third-order valence-corrected chi connectivity index (χ3v) is 5.09. The molecule has 0 atom stereocenters. The van der Waals surface area contributed by atoms with Gasteiger partial charge in [0, 0.05) is 32.8 Å². The molecule has 1 fully saturated rings. The molecular formula is C23H38IN3O3. The normalized spacial score (nSPS) is 14.9. The smallest absolute Gasteiger partial charge is 0.309 e. The number of nitrogens with zero attached hydrogens (tertiary/aromatic N) is 2. The predicted octanol–water partition coefficient (Wildman–Crippen LogP) is 3.88. The zero-order chi connectivity index (χ0) is 20.7. The monoisotopic (exact) mass is 531 g/mol. The predicted molar refractivity (Wildman–Crippen MR) is 133 cm³/mol. The van der Waals surface area contributed by atoms with Crippen LogP contribution >= 0.6 is 24.0 Å². The van der Waals surface area contributed by atoms with Crippen molar-refractivity contribution in [3.05, 3.63) is 35.9 Å². The largest absolute Gasteiger partial charge is 0.466 e. The minimum Gasteiger partial charge on any atom is -0.466 e. The molecule has 0 aliphatic carbocycles. The summed E-state index contributed by atoms with van der Waals surface area (Å²) in [4.78, 5) is 18.9. The Labute approximate surface area is 198 Å². The molecule has 1 aliphatic heterocycles.